The number of ether oxygens (including phenoxy) is 1. The van der Waals surface area contributed by atoms with Gasteiger partial charge in [0.15, 0.2) is 0 Å². The molecule has 162 valence electrons. The molecular weight excluding hydrogens is 396 g/mol. The molecule has 2 aromatic rings. The van der Waals surface area contributed by atoms with Crippen LogP contribution in [0.1, 0.15) is 29.7 Å². The number of Topliss-reactive ketones (excluding diaryl/α,β-unsaturated/α-hetero) is 1. The van der Waals surface area contributed by atoms with Gasteiger partial charge in [-0.3, -0.25) is 9.59 Å². The van der Waals surface area contributed by atoms with E-state index in [2.05, 4.69) is 0 Å². The van der Waals surface area contributed by atoms with E-state index in [-0.39, 0.29) is 23.2 Å². The minimum Gasteiger partial charge on any atom is -0.508 e. The number of likely N-dealkylation sites (N-methyl/N-ethyl adjacent to an activating group) is 1. The first-order chi connectivity index (χ1) is 14.8. The molecule has 2 aromatic carbocycles. The van der Waals surface area contributed by atoms with Gasteiger partial charge in [-0.1, -0.05) is 12.1 Å². The van der Waals surface area contributed by atoms with Gasteiger partial charge in [0.25, 0.3) is 11.7 Å². The van der Waals surface area contributed by atoms with Crippen LogP contribution in [0.25, 0.3) is 5.76 Å². The second kappa shape index (κ2) is 8.07. The Morgan fingerprint density at radius 2 is 1.97 bits per heavy atom. The second-order valence-electron chi connectivity index (χ2n) is 8.35. The number of hydrogen-bond acceptors (Lipinski definition) is 6. The molecule has 0 aliphatic carbocycles. The first kappa shape index (κ1) is 20.9. The number of aromatic hydroxyl groups is 1. The van der Waals surface area contributed by atoms with Gasteiger partial charge in [0.05, 0.1) is 11.6 Å². The number of aliphatic hydroxyl groups excluding tert-OH is 1. The van der Waals surface area contributed by atoms with Crippen LogP contribution in [0.15, 0.2) is 48.0 Å². The minimum absolute atomic E-state index is 0.0272. The van der Waals surface area contributed by atoms with E-state index in [0.29, 0.717) is 30.6 Å². The van der Waals surface area contributed by atoms with Crippen LogP contribution >= 0.6 is 0 Å². The number of amides is 1. The van der Waals surface area contributed by atoms with E-state index in [0.717, 1.165) is 11.3 Å². The van der Waals surface area contributed by atoms with Crippen molar-refractivity contribution in [2.45, 2.75) is 25.5 Å². The van der Waals surface area contributed by atoms with Crippen molar-refractivity contribution in [2.75, 3.05) is 27.2 Å². The van der Waals surface area contributed by atoms with Crippen LogP contribution in [0.3, 0.4) is 0 Å². The molecule has 7 nitrogen and oxygen atoms in total. The molecule has 1 saturated heterocycles. The molecule has 1 fully saturated rings. The molecule has 2 aliphatic heterocycles. The second-order valence-corrected chi connectivity index (χ2v) is 8.35. The van der Waals surface area contributed by atoms with Crippen molar-refractivity contribution in [3.8, 4) is 11.5 Å². The summed E-state index contributed by atoms with van der Waals surface area (Å²) in [6, 6.07) is 10.9. The lowest BCUT2D eigenvalue weighted by Gasteiger charge is -2.26. The Kier molecular flexibility index (Phi) is 5.45. The molecule has 0 spiro atoms. The normalized spacial score (nSPS) is 22.1. The quantitative estimate of drug-likeness (QED) is 0.438. The van der Waals surface area contributed by atoms with E-state index in [1.54, 1.807) is 30.3 Å². The van der Waals surface area contributed by atoms with Gasteiger partial charge < -0.3 is 24.7 Å². The fourth-order valence-corrected chi connectivity index (χ4v) is 4.18. The van der Waals surface area contributed by atoms with Crippen molar-refractivity contribution >= 4 is 17.4 Å². The summed E-state index contributed by atoms with van der Waals surface area (Å²) >= 11 is 0. The maximum Gasteiger partial charge on any atom is 0.295 e. The van der Waals surface area contributed by atoms with Gasteiger partial charge in [0, 0.05) is 25.1 Å². The Hall–Kier alpha value is -3.32. The molecule has 0 saturated carbocycles. The Balaban J connectivity index is 1.82. The number of aliphatic hydroxyl groups is 1. The van der Waals surface area contributed by atoms with Crippen molar-refractivity contribution in [3.63, 3.8) is 0 Å². The number of ketones is 1. The maximum atomic E-state index is 13.0. The van der Waals surface area contributed by atoms with Gasteiger partial charge in [-0.2, -0.15) is 0 Å². The number of fused-ring (bicyclic) bond motifs is 1. The predicted octanol–water partition coefficient (Wildman–Crippen LogP) is 2.70. The summed E-state index contributed by atoms with van der Waals surface area (Å²) in [6.45, 7) is 2.83. The summed E-state index contributed by atoms with van der Waals surface area (Å²) in [6.07, 6.45) is 0.764. The lowest BCUT2D eigenvalue weighted by molar-refractivity contribution is -0.140. The first-order valence-corrected chi connectivity index (χ1v) is 10.3. The van der Waals surface area contributed by atoms with Crippen molar-refractivity contribution in [1.82, 2.24) is 9.80 Å². The first-order valence-electron chi connectivity index (χ1n) is 10.3. The van der Waals surface area contributed by atoms with Crippen molar-refractivity contribution < 1.29 is 24.5 Å². The van der Waals surface area contributed by atoms with E-state index < -0.39 is 17.7 Å². The third-order valence-electron chi connectivity index (χ3n) is 5.68. The number of rotatable bonds is 5. The number of likely N-dealkylation sites (tertiary alicyclic amines) is 1. The molecular formula is C24H26N2O5. The number of phenolic OH excluding ortho intramolecular Hbond substituents is 1. The summed E-state index contributed by atoms with van der Waals surface area (Å²) in [4.78, 5) is 29.3. The SMILES string of the molecule is C[C@@H]1Cc2cc(C(O)=C3C(=O)C(=O)N(CCN(C)C)[C@H]3c3cccc(O)c3)ccc2O1. The van der Waals surface area contributed by atoms with Crippen LogP contribution in [-0.2, 0) is 16.0 Å². The smallest absolute Gasteiger partial charge is 0.295 e. The standard InChI is InChI=1S/C24H26N2O5/c1-14-11-17-12-16(7-8-19(17)31-14)22(28)20-21(15-5-4-6-18(27)13-15)26(10-9-25(2)3)24(30)23(20)29/h4-8,12-14,21,27-28H,9-11H2,1-3H3/t14-,21+/m1/s1. The highest BCUT2D eigenvalue weighted by atomic mass is 16.5. The molecule has 0 aromatic heterocycles. The van der Waals surface area contributed by atoms with E-state index in [4.69, 9.17) is 4.74 Å². The zero-order chi connectivity index (χ0) is 22.3. The van der Waals surface area contributed by atoms with Crippen molar-refractivity contribution in [3.05, 3.63) is 64.7 Å². The molecule has 31 heavy (non-hydrogen) atoms. The van der Waals surface area contributed by atoms with Gasteiger partial charge >= 0.3 is 0 Å². The highest BCUT2D eigenvalue weighted by molar-refractivity contribution is 6.46. The van der Waals surface area contributed by atoms with Crippen molar-refractivity contribution in [2.24, 2.45) is 0 Å². The average Bonchev–Trinajstić information content (AvgIpc) is 3.22. The van der Waals surface area contributed by atoms with E-state index in [1.807, 2.05) is 25.9 Å². The molecule has 2 N–H and O–H groups in total. The lowest BCUT2D eigenvalue weighted by Crippen LogP contribution is -2.35. The minimum atomic E-state index is -0.782. The maximum absolute atomic E-state index is 13.0. The molecule has 0 radical (unpaired) electrons. The molecule has 2 heterocycles. The van der Waals surface area contributed by atoms with Crippen LogP contribution in [0.2, 0.25) is 0 Å². The molecule has 0 unspecified atom stereocenters. The zero-order valence-electron chi connectivity index (χ0n) is 17.8. The largest absolute Gasteiger partial charge is 0.508 e. The molecule has 0 bridgehead atoms. The van der Waals surface area contributed by atoms with E-state index in [1.165, 1.54) is 17.0 Å². The van der Waals surface area contributed by atoms with Crippen LogP contribution in [0, 0.1) is 0 Å². The Bertz CT molecular complexity index is 1080. The summed E-state index contributed by atoms with van der Waals surface area (Å²) in [7, 11) is 3.76. The van der Waals surface area contributed by atoms with E-state index >= 15 is 0 Å². The van der Waals surface area contributed by atoms with Gasteiger partial charge in [-0.15, -0.1) is 0 Å². The Morgan fingerprint density at radius 1 is 1.19 bits per heavy atom. The fourth-order valence-electron chi connectivity index (χ4n) is 4.18. The number of carbonyl (C=O) groups excluding carboxylic acids is 2. The number of phenols is 1. The predicted molar refractivity (Wildman–Crippen MR) is 116 cm³/mol. The average molecular weight is 422 g/mol. The molecule has 4 rings (SSSR count). The summed E-state index contributed by atoms with van der Waals surface area (Å²) < 4.78 is 5.72. The summed E-state index contributed by atoms with van der Waals surface area (Å²) in [5.41, 5.74) is 2.01. The van der Waals surface area contributed by atoms with Gasteiger partial charge in [-0.25, -0.2) is 0 Å². The summed E-state index contributed by atoms with van der Waals surface area (Å²) in [5, 5.41) is 21.2. The van der Waals surface area contributed by atoms with Crippen LogP contribution in [0.4, 0.5) is 0 Å². The van der Waals surface area contributed by atoms with Crippen LogP contribution in [0.5, 0.6) is 11.5 Å². The number of carbonyl (C=O) groups is 2. The zero-order valence-corrected chi connectivity index (χ0v) is 17.8. The highest BCUT2D eigenvalue weighted by Crippen LogP contribution is 2.41. The topological polar surface area (TPSA) is 90.3 Å². The monoisotopic (exact) mass is 422 g/mol. The van der Waals surface area contributed by atoms with Crippen LogP contribution < -0.4 is 4.74 Å². The highest BCUT2D eigenvalue weighted by Gasteiger charge is 2.46. The number of nitrogens with zero attached hydrogens (tertiary/aromatic N) is 2. The summed E-state index contributed by atoms with van der Waals surface area (Å²) in [5.74, 6) is -0.814. The third kappa shape index (κ3) is 3.88. The lowest BCUT2D eigenvalue weighted by atomic mass is 9.94. The Labute approximate surface area is 181 Å². The molecule has 2 atom stereocenters. The number of hydrogen-bond donors (Lipinski definition) is 2. The van der Waals surface area contributed by atoms with Gasteiger partial charge in [0.1, 0.15) is 23.4 Å². The molecule has 7 heteroatoms. The van der Waals surface area contributed by atoms with Crippen molar-refractivity contribution in [1.29, 1.82) is 0 Å². The van der Waals surface area contributed by atoms with Gasteiger partial charge in [0.2, 0.25) is 0 Å². The Morgan fingerprint density at radius 3 is 2.68 bits per heavy atom. The van der Waals surface area contributed by atoms with Crippen LogP contribution in [-0.4, -0.2) is 65.0 Å². The molecule has 1 amide bonds. The van der Waals surface area contributed by atoms with E-state index in [9.17, 15) is 19.8 Å². The van der Waals surface area contributed by atoms with Gasteiger partial charge in [-0.05, 0) is 62.5 Å². The number of benzene rings is 2. The fraction of sp³-hybridized carbons (Fsp3) is 0.333. The third-order valence-corrected chi connectivity index (χ3v) is 5.68. The molecule has 2 aliphatic rings.